The molecule has 0 bridgehead atoms. The lowest BCUT2D eigenvalue weighted by Gasteiger charge is -2.19. The molecule has 0 heterocycles. The lowest BCUT2D eigenvalue weighted by atomic mass is 9.87. The van der Waals surface area contributed by atoms with E-state index in [1.54, 1.807) is 0 Å². The van der Waals surface area contributed by atoms with Crippen molar-refractivity contribution in [3.05, 3.63) is 54.1 Å². The third-order valence-corrected chi connectivity index (χ3v) is 3.87. The van der Waals surface area contributed by atoms with Gasteiger partial charge in [0.1, 0.15) is 0 Å². The number of hydrogen-bond acceptors (Lipinski definition) is 3. The molecule has 0 spiro atoms. The summed E-state index contributed by atoms with van der Waals surface area (Å²) in [4.78, 5) is 14.1. The lowest BCUT2D eigenvalue weighted by Crippen LogP contribution is -2.22. The van der Waals surface area contributed by atoms with Crippen LogP contribution in [-0.4, -0.2) is 26.5 Å². The molecule has 0 fully saturated rings. The molecule has 24 heavy (non-hydrogen) atoms. The standard InChI is InChI=1S/C20H27N3O/c1-20(2,3)15-6-8-17(9-7-15)22-19(24)14-21-16-10-12-18(13-11-16)23(4)5/h6-13,21H,14H2,1-5H3,(H,22,24). The number of carbonyl (C=O) groups is 1. The van der Waals surface area contributed by atoms with Crippen LogP contribution in [0.25, 0.3) is 0 Å². The van der Waals surface area contributed by atoms with Crippen LogP contribution in [-0.2, 0) is 10.2 Å². The maximum atomic E-state index is 12.1. The van der Waals surface area contributed by atoms with Crippen molar-refractivity contribution in [1.29, 1.82) is 0 Å². The van der Waals surface area contributed by atoms with E-state index in [0.29, 0.717) is 0 Å². The third-order valence-electron chi connectivity index (χ3n) is 3.87. The number of carbonyl (C=O) groups excluding carboxylic acids is 1. The highest BCUT2D eigenvalue weighted by Crippen LogP contribution is 2.23. The fourth-order valence-corrected chi connectivity index (χ4v) is 2.32. The van der Waals surface area contributed by atoms with E-state index in [4.69, 9.17) is 0 Å². The second-order valence-corrected chi connectivity index (χ2v) is 7.17. The minimum Gasteiger partial charge on any atom is -0.378 e. The van der Waals surface area contributed by atoms with Crippen molar-refractivity contribution < 1.29 is 4.79 Å². The van der Waals surface area contributed by atoms with Crippen LogP contribution < -0.4 is 15.5 Å². The second-order valence-electron chi connectivity index (χ2n) is 7.17. The topological polar surface area (TPSA) is 44.4 Å². The molecule has 0 atom stereocenters. The van der Waals surface area contributed by atoms with E-state index in [1.165, 1.54) is 5.56 Å². The summed E-state index contributed by atoms with van der Waals surface area (Å²) in [6.45, 7) is 6.76. The number of nitrogens with zero attached hydrogens (tertiary/aromatic N) is 1. The van der Waals surface area contributed by atoms with Crippen molar-refractivity contribution in [3.63, 3.8) is 0 Å². The van der Waals surface area contributed by atoms with E-state index in [9.17, 15) is 4.79 Å². The highest BCUT2D eigenvalue weighted by molar-refractivity contribution is 5.93. The Kier molecular flexibility index (Phi) is 5.50. The Morgan fingerprint density at radius 2 is 1.46 bits per heavy atom. The van der Waals surface area contributed by atoms with Crippen molar-refractivity contribution >= 4 is 23.0 Å². The average Bonchev–Trinajstić information content (AvgIpc) is 2.53. The van der Waals surface area contributed by atoms with Gasteiger partial charge in [-0.1, -0.05) is 32.9 Å². The van der Waals surface area contributed by atoms with Gasteiger partial charge in [-0.2, -0.15) is 0 Å². The van der Waals surface area contributed by atoms with E-state index in [-0.39, 0.29) is 17.9 Å². The molecule has 0 aliphatic carbocycles. The molecule has 0 unspecified atom stereocenters. The summed E-state index contributed by atoms with van der Waals surface area (Å²) in [5.41, 5.74) is 4.24. The van der Waals surface area contributed by atoms with Gasteiger partial charge in [0.2, 0.25) is 5.91 Å². The highest BCUT2D eigenvalue weighted by Gasteiger charge is 2.13. The van der Waals surface area contributed by atoms with Crippen LogP contribution in [0.1, 0.15) is 26.3 Å². The van der Waals surface area contributed by atoms with Crippen LogP contribution in [0.15, 0.2) is 48.5 Å². The summed E-state index contributed by atoms with van der Waals surface area (Å²) in [5, 5.41) is 6.05. The average molecular weight is 325 g/mol. The Labute approximate surface area is 144 Å². The zero-order valence-corrected chi connectivity index (χ0v) is 15.2. The van der Waals surface area contributed by atoms with Gasteiger partial charge in [0.05, 0.1) is 6.54 Å². The van der Waals surface area contributed by atoms with Gasteiger partial charge in [0, 0.05) is 31.2 Å². The number of anilines is 3. The number of hydrogen-bond donors (Lipinski definition) is 2. The summed E-state index contributed by atoms with van der Waals surface area (Å²) in [6.07, 6.45) is 0. The summed E-state index contributed by atoms with van der Waals surface area (Å²) in [6, 6.07) is 16.0. The molecule has 0 saturated heterocycles. The molecular formula is C20H27N3O. The lowest BCUT2D eigenvalue weighted by molar-refractivity contribution is -0.114. The molecule has 0 radical (unpaired) electrons. The fourth-order valence-electron chi connectivity index (χ4n) is 2.32. The smallest absolute Gasteiger partial charge is 0.243 e. The first-order chi connectivity index (χ1) is 11.3. The third kappa shape index (κ3) is 5.01. The Bertz CT molecular complexity index is 668. The molecule has 4 heteroatoms. The minimum absolute atomic E-state index is 0.0600. The molecule has 0 aliphatic heterocycles. The van der Waals surface area contributed by atoms with Crippen molar-refractivity contribution in [1.82, 2.24) is 0 Å². The molecule has 1 amide bonds. The maximum absolute atomic E-state index is 12.1. The number of rotatable bonds is 5. The molecule has 2 aromatic rings. The Morgan fingerprint density at radius 3 is 1.96 bits per heavy atom. The van der Waals surface area contributed by atoms with E-state index >= 15 is 0 Å². The van der Waals surface area contributed by atoms with Gasteiger partial charge in [0.25, 0.3) is 0 Å². The molecule has 2 aromatic carbocycles. The van der Waals surface area contributed by atoms with Gasteiger partial charge in [0.15, 0.2) is 0 Å². The van der Waals surface area contributed by atoms with Crippen molar-refractivity contribution in [3.8, 4) is 0 Å². The number of amides is 1. The normalized spacial score (nSPS) is 11.0. The van der Waals surface area contributed by atoms with Crippen LogP contribution in [0.2, 0.25) is 0 Å². The second kappa shape index (κ2) is 7.39. The summed E-state index contributed by atoms with van der Waals surface area (Å²) >= 11 is 0. The largest absolute Gasteiger partial charge is 0.378 e. The van der Waals surface area contributed by atoms with E-state index in [0.717, 1.165) is 17.1 Å². The van der Waals surface area contributed by atoms with Crippen molar-refractivity contribution in [2.45, 2.75) is 26.2 Å². The summed E-state index contributed by atoms with van der Waals surface area (Å²) in [7, 11) is 4.00. The van der Waals surface area contributed by atoms with Gasteiger partial charge < -0.3 is 15.5 Å². The predicted molar refractivity (Wildman–Crippen MR) is 103 cm³/mol. The maximum Gasteiger partial charge on any atom is 0.243 e. The van der Waals surface area contributed by atoms with Gasteiger partial charge >= 0.3 is 0 Å². The first-order valence-electron chi connectivity index (χ1n) is 8.17. The van der Waals surface area contributed by atoms with Crippen LogP contribution in [0.5, 0.6) is 0 Å². The highest BCUT2D eigenvalue weighted by atomic mass is 16.1. The molecule has 2 rings (SSSR count). The quantitative estimate of drug-likeness (QED) is 0.870. The van der Waals surface area contributed by atoms with Crippen LogP contribution in [0.4, 0.5) is 17.1 Å². The van der Waals surface area contributed by atoms with E-state index in [2.05, 4.69) is 43.5 Å². The van der Waals surface area contributed by atoms with Gasteiger partial charge in [-0.3, -0.25) is 4.79 Å². The predicted octanol–water partition coefficient (Wildman–Crippen LogP) is 4.10. The Hall–Kier alpha value is -2.49. The molecule has 2 N–H and O–H groups in total. The number of benzene rings is 2. The molecule has 128 valence electrons. The first-order valence-corrected chi connectivity index (χ1v) is 8.17. The van der Waals surface area contributed by atoms with E-state index in [1.807, 2.05) is 55.4 Å². The van der Waals surface area contributed by atoms with Crippen molar-refractivity contribution in [2.75, 3.05) is 36.2 Å². The molecule has 0 aromatic heterocycles. The Morgan fingerprint density at radius 1 is 0.917 bits per heavy atom. The Balaban J connectivity index is 1.87. The zero-order chi connectivity index (χ0) is 17.7. The van der Waals surface area contributed by atoms with Crippen LogP contribution >= 0.6 is 0 Å². The number of nitrogens with one attached hydrogen (secondary N) is 2. The van der Waals surface area contributed by atoms with Gasteiger partial charge in [-0.05, 0) is 47.4 Å². The van der Waals surface area contributed by atoms with Gasteiger partial charge in [-0.15, -0.1) is 0 Å². The molecule has 4 nitrogen and oxygen atoms in total. The summed E-state index contributed by atoms with van der Waals surface area (Å²) < 4.78 is 0. The molecule has 0 aliphatic rings. The minimum atomic E-state index is -0.0600. The van der Waals surface area contributed by atoms with Gasteiger partial charge in [-0.25, -0.2) is 0 Å². The van der Waals surface area contributed by atoms with Crippen LogP contribution in [0, 0.1) is 0 Å². The first kappa shape index (κ1) is 17.9. The monoisotopic (exact) mass is 325 g/mol. The summed E-state index contributed by atoms with van der Waals surface area (Å²) in [5.74, 6) is -0.0600. The fraction of sp³-hybridized carbons (Fsp3) is 0.350. The zero-order valence-electron chi connectivity index (χ0n) is 15.2. The molecular weight excluding hydrogens is 298 g/mol. The van der Waals surface area contributed by atoms with E-state index < -0.39 is 0 Å². The molecule has 0 saturated carbocycles. The van der Waals surface area contributed by atoms with Crippen LogP contribution in [0.3, 0.4) is 0 Å². The van der Waals surface area contributed by atoms with Crippen molar-refractivity contribution in [2.24, 2.45) is 0 Å². The SMILES string of the molecule is CN(C)c1ccc(NCC(=O)Nc2ccc(C(C)(C)C)cc2)cc1.